The highest BCUT2D eigenvalue weighted by Crippen LogP contribution is 2.36. The maximum absolute atomic E-state index is 9.31. The minimum absolute atomic E-state index is 0.109. The van der Waals surface area contributed by atoms with Crippen molar-refractivity contribution < 1.29 is 10.3 Å². The molecule has 3 rings (SSSR count). The Morgan fingerprint density at radius 1 is 1.19 bits per heavy atom. The maximum atomic E-state index is 9.31. The number of fused-ring (bicyclic) bond motifs is 1. The molecule has 0 amide bonds. The van der Waals surface area contributed by atoms with Crippen LogP contribution < -0.4 is 10.6 Å². The topological polar surface area (TPSA) is 82.1 Å². The molecule has 1 saturated carbocycles. The number of anilines is 1. The Labute approximate surface area is 123 Å². The van der Waals surface area contributed by atoms with E-state index in [1.54, 1.807) is 0 Å². The fourth-order valence-electron chi connectivity index (χ4n) is 2.80. The van der Waals surface area contributed by atoms with Gasteiger partial charge >= 0.3 is 0 Å². The Balaban J connectivity index is 2.16. The lowest BCUT2D eigenvalue weighted by Gasteiger charge is -2.26. The van der Waals surface area contributed by atoms with Gasteiger partial charge in [0.25, 0.3) is 0 Å². The van der Waals surface area contributed by atoms with Crippen LogP contribution in [0.2, 0.25) is 0 Å². The van der Waals surface area contributed by atoms with E-state index in [2.05, 4.69) is 10.1 Å². The Morgan fingerprint density at radius 3 is 2.52 bits per heavy atom. The van der Waals surface area contributed by atoms with E-state index in [9.17, 15) is 5.11 Å². The van der Waals surface area contributed by atoms with Crippen LogP contribution in [-0.2, 0) is 0 Å². The van der Waals surface area contributed by atoms with Gasteiger partial charge in [-0.3, -0.25) is 0 Å². The number of amidine groups is 1. The molecule has 0 aliphatic heterocycles. The van der Waals surface area contributed by atoms with E-state index in [1.165, 1.54) is 0 Å². The van der Waals surface area contributed by atoms with E-state index in [4.69, 9.17) is 10.9 Å². The molecule has 0 atom stereocenters. The van der Waals surface area contributed by atoms with E-state index in [-0.39, 0.29) is 12.4 Å². The largest absolute Gasteiger partial charge is 0.409 e. The van der Waals surface area contributed by atoms with Crippen LogP contribution in [0.1, 0.15) is 18.4 Å². The van der Waals surface area contributed by atoms with Gasteiger partial charge in [0.15, 0.2) is 5.84 Å². The molecular formula is C16H19N3O2. The van der Waals surface area contributed by atoms with Crippen LogP contribution in [0.25, 0.3) is 10.8 Å². The molecule has 2 aromatic carbocycles. The van der Waals surface area contributed by atoms with Crippen LogP contribution in [0, 0.1) is 0 Å². The number of hydrogen-bond acceptors (Lipinski definition) is 4. The Bertz CT molecular complexity index is 680. The molecule has 0 unspecified atom stereocenters. The monoisotopic (exact) mass is 285 g/mol. The van der Waals surface area contributed by atoms with Crippen molar-refractivity contribution in [2.45, 2.75) is 18.9 Å². The summed E-state index contributed by atoms with van der Waals surface area (Å²) >= 11 is 0. The lowest BCUT2D eigenvalue weighted by Crippen LogP contribution is -2.29. The molecule has 0 spiro atoms. The van der Waals surface area contributed by atoms with Gasteiger partial charge in [-0.05, 0) is 30.4 Å². The number of hydrogen-bond donors (Lipinski definition) is 3. The Kier molecular flexibility index (Phi) is 3.66. The van der Waals surface area contributed by atoms with Crippen molar-refractivity contribution >= 4 is 22.3 Å². The highest BCUT2D eigenvalue weighted by Gasteiger charge is 2.29. The molecule has 5 nitrogen and oxygen atoms in total. The number of aliphatic hydroxyl groups is 1. The number of aliphatic hydroxyl groups excluding tert-OH is 1. The minimum atomic E-state index is 0.109. The predicted molar refractivity (Wildman–Crippen MR) is 83.9 cm³/mol. The number of nitrogens with two attached hydrogens (primary N) is 1. The van der Waals surface area contributed by atoms with Crippen LogP contribution in [0.4, 0.5) is 5.69 Å². The van der Waals surface area contributed by atoms with E-state index < -0.39 is 0 Å². The molecule has 5 heteroatoms. The number of rotatable bonds is 5. The molecular weight excluding hydrogens is 266 g/mol. The van der Waals surface area contributed by atoms with Gasteiger partial charge in [0, 0.05) is 29.2 Å². The second-order valence-electron chi connectivity index (χ2n) is 5.31. The number of oxime groups is 1. The van der Waals surface area contributed by atoms with Gasteiger partial charge in [0.1, 0.15) is 0 Å². The van der Waals surface area contributed by atoms with Crippen molar-refractivity contribution in [3.05, 3.63) is 42.0 Å². The van der Waals surface area contributed by atoms with Crippen LogP contribution in [-0.4, -0.2) is 35.3 Å². The molecule has 0 aromatic heterocycles. The molecule has 1 aliphatic rings. The fourth-order valence-corrected chi connectivity index (χ4v) is 2.80. The SMILES string of the molecule is N/C(=N/O)c1ccc(N(CCO)C2CC2)c2ccccc12. The first-order valence-electron chi connectivity index (χ1n) is 7.13. The van der Waals surface area contributed by atoms with E-state index in [0.29, 0.717) is 12.6 Å². The van der Waals surface area contributed by atoms with Crippen molar-refractivity contribution in [3.8, 4) is 0 Å². The number of nitrogens with zero attached hydrogens (tertiary/aromatic N) is 2. The average molecular weight is 285 g/mol. The summed E-state index contributed by atoms with van der Waals surface area (Å²) in [6, 6.07) is 12.3. The quantitative estimate of drug-likeness (QED) is 0.339. The standard InChI is InChI=1S/C16H19N3O2/c17-16(18-21)14-7-8-15(13-4-2-1-3-12(13)14)19(9-10-20)11-5-6-11/h1-4,7-8,11,20-21H,5-6,9-10H2,(H2,17,18). The molecule has 21 heavy (non-hydrogen) atoms. The molecule has 0 heterocycles. The molecule has 2 aromatic rings. The Hall–Kier alpha value is -2.27. The molecule has 0 bridgehead atoms. The highest BCUT2D eigenvalue weighted by molar-refractivity contribution is 6.11. The predicted octanol–water partition coefficient (Wildman–Crippen LogP) is 1.90. The number of benzene rings is 2. The normalized spacial score (nSPS) is 15.4. The van der Waals surface area contributed by atoms with Gasteiger partial charge in [-0.2, -0.15) is 0 Å². The summed E-state index contributed by atoms with van der Waals surface area (Å²) in [5.74, 6) is 0.109. The summed E-state index contributed by atoms with van der Waals surface area (Å²) in [4.78, 5) is 2.25. The third kappa shape index (κ3) is 2.52. The summed E-state index contributed by atoms with van der Waals surface area (Å²) in [6.45, 7) is 0.754. The van der Waals surface area contributed by atoms with Crippen LogP contribution in [0.3, 0.4) is 0 Å². The lowest BCUT2D eigenvalue weighted by molar-refractivity contribution is 0.301. The second-order valence-corrected chi connectivity index (χ2v) is 5.31. The zero-order valence-corrected chi connectivity index (χ0v) is 11.7. The summed E-state index contributed by atoms with van der Waals surface area (Å²) in [6.07, 6.45) is 2.33. The smallest absolute Gasteiger partial charge is 0.170 e. The van der Waals surface area contributed by atoms with E-state index in [1.807, 2.05) is 36.4 Å². The molecule has 1 aliphatic carbocycles. The summed E-state index contributed by atoms with van der Waals surface area (Å²) in [5, 5.41) is 23.4. The molecule has 1 fully saturated rings. The zero-order chi connectivity index (χ0) is 14.8. The molecule has 0 radical (unpaired) electrons. The van der Waals surface area contributed by atoms with Gasteiger partial charge in [-0.25, -0.2) is 0 Å². The maximum Gasteiger partial charge on any atom is 0.170 e. The summed E-state index contributed by atoms with van der Waals surface area (Å²) < 4.78 is 0. The van der Waals surface area contributed by atoms with E-state index >= 15 is 0 Å². The summed E-state index contributed by atoms with van der Waals surface area (Å²) in [5.41, 5.74) is 7.58. The van der Waals surface area contributed by atoms with Crippen LogP contribution in [0.5, 0.6) is 0 Å². The van der Waals surface area contributed by atoms with Gasteiger partial charge < -0.3 is 20.9 Å². The first-order valence-corrected chi connectivity index (χ1v) is 7.13. The van der Waals surface area contributed by atoms with Crippen LogP contribution in [0.15, 0.2) is 41.6 Å². The van der Waals surface area contributed by atoms with Crippen molar-refractivity contribution in [2.75, 3.05) is 18.1 Å². The van der Waals surface area contributed by atoms with Crippen molar-refractivity contribution in [3.63, 3.8) is 0 Å². The zero-order valence-electron chi connectivity index (χ0n) is 11.7. The summed E-state index contributed by atoms with van der Waals surface area (Å²) in [7, 11) is 0. The molecule has 0 saturated heterocycles. The first kappa shape index (κ1) is 13.7. The lowest BCUT2D eigenvalue weighted by atomic mass is 10.0. The first-order chi connectivity index (χ1) is 10.3. The van der Waals surface area contributed by atoms with Crippen molar-refractivity contribution in [1.82, 2.24) is 0 Å². The fraction of sp³-hybridized carbons (Fsp3) is 0.312. The van der Waals surface area contributed by atoms with Gasteiger partial charge in [-0.1, -0.05) is 29.4 Å². The van der Waals surface area contributed by atoms with Gasteiger partial charge in [-0.15, -0.1) is 0 Å². The van der Waals surface area contributed by atoms with Gasteiger partial charge in [0.05, 0.1) is 6.61 Å². The van der Waals surface area contributed by atoms with E-state index in [0.717, 1.165) is 34.9 Å². The van der Waals surface area contributed by atoms with Gasteiger partial charge in [0.2, 0.25) is 0 Å². The molecule has 110 valence electrons. The third-order valence-corrected chi connectivity index (χ3v) is 3.92. The van der Waals surface area contributed by atoms with Crippen molar-refractivity contribution in [1.29, 1.82) is 0 Å². The third-order valence-electron chi connectivity index (χ3n) is 3.92. The highest BCUT2D eigenvalue weighted by atomic mass is 16.4. The molecule has 4 N–H and O–H groups in total. The Morgan fingerprint density at radius 2 is 1.90 bits per heavy atom. The minimum Gasteiger partial charge on any atom is -0.409 e. The van der Waals surface area contributed by atoms with Crippen LogP contribution >= 0.6 is 0 Å². The van der Waals surface area contributed by atoms with Crippen molar-refractivity contribution in [2.24, 2.45) is 10.9 Å². The second kappa shape index (κ2) is 5.61. The average Bonchev–Trinajstić information content (AvgIpc) is 3.36.